The summed E-state index contributed by atoms with van der Waals surface area (Å²) in [5, 5.41) is 0. The van der Waals surface area contributed by atoms with Crippen LogP contribution in [0.4, 0.5) is 0 Å². The van der Waals surface area contributed by atoms with E-state index in [9.17, 15) is 4.79 Å². The van der Waals surface area contributed by atoms with E-state index in [-0.39, 0.29) is 24.0 Å². The zero-order valence-electron chi connectivity index (χ0n) is 13.6. The van der Waals surface area contributed by atoms with Crippen LogP contribution in [0.3, 0.4) is 0 Å². The fourth-order valence-corrected chi connectivity index (χ4v) is 3.50. The molecule has 3 rings (SSSR count). The predicted octanol–water partition coefficient (Wildman–Crippen LogP) is 2.72. The largest absolute Gasteiger partial charge is 0.327 e. The molecule has 4 heteroatoms. The second-order valence-corrected chi connectivity index (χ2v) is 6.42. The van der Waals surface area contributed by atoms with Gasteiger partial charge in [-0.1, -0.05) is 48.6 Å². The van der Waals surface area contributed by atoms with Crippen molar-refractivity contribution in [1.29, 1.82) is 0 Å². The number of nitrogens with zero attached hydrogens (tertiary/aromatic N) is 1. The van der Waals surface area contributed by atoms with Gasteiger partial charge in [-0.05, 0) is 31.7 Å². The van der Waals surface area contributed by atoms with E-state index in [1.54, 1.807) is 0 Å². The molecule has 4 atom stereocenters. The summed E-state index contributed by atoms with van der Waals surface area (Å²) < 4.78 is 0. The molecular weight excluding hydrogens is 286 g/mol. The van der Waals surface area contributed by atoms with E-state index in [1.807, 2.05) is 24.3 Å². The molecule has 0 bridgehead atoms. The lowest BCUT2D eigenvalue weighted by atomic mass is 9.93. The van der Waals surface area contributed by atoms with Crippen molar-refractivity contribution in [3.8, 4) is 0 Å². The number of hydrogen-bond donors (Lipinski definition) is 2. The van der Waals surface area contributed by atoms with Crippen LogP contribution in [0, 0.1) is 0 Å². The van der Waals surface area contributed by atoms with E-state index in [0.29, 0.717) is 6.04 Å². The highest BCUT2D eigenvalue weighted by atomic mass is 16.2. The van der Waals surface area contributed by atoms with Gasteiger partial charge in [-0.15, -0.1) is 6.58 Å². The lowest BCUT2D eigenvalue weighted by molar-refractivity contribution is -0.137. The van der Waals surface area contributed by atoms with Gasteiger partial charge in [0.15, 0.2) is 0 Å². The average molecular weight is 311 g/mol. The Bertz CT molecular complexity index is 584. The van der Waals surface area contributed by atoms with E-state index in [2.05, 4.69) is 53.5 Å². The smallest absolute Gasteiger partial charge is 0.242 e. The second-order valence-electron chi connectivity index (χ2n) is 6.42. The molecule has 0 spiro atoms. The van der Waals surface area contributed by atoms with Gasteiger partial charge in [-0.3, -0.25) is 10.2 Å². The molecule has 122 valence electrons. The lowest BCUT2D eigenvalue weighted by Gasteiger charge is -2.40. The number of hydrazine groups is 1. The zero-order valence-corrected chi connectivity index (χ0v) is 13.6. The van der Waals surface area contributed by atoms with E-state index >= 15 is 0 Å². The molecule has 0 aliphatic carbocycles. The molecule has 2 heterocycles. The van der Waals surface area contributed by atoms with Crippen LogP contribution in [-0.2, 0) is 4.79 Å². The van der Waals surface area contributed by atoms with Crippen molar-refractivity contribution in [1.82, 2.24) is 15.8 Å². The maximum atomic E-state index is 13.2. The van der Waals surface area contributed by atoms with Gasteiger partial charge in [0.25, 0.3) is 0 Å². The van der Waals surface area contributed by atoms with Crippen LogP contribution in [0.15, 0.2) is 55.1 Å². The zero-order chi connectivity index (χ0) is 16.2. The first-order chi connectivity index (χ1) is 11.2. The van der Waals surface area contributed by atoms with Crippen LogP contribution in [0.2, 0.25) is 0 Å². The number of nitrogens with one attached hydrogen (secondary N) is 2. The minimum Gasteiger partial charge on any atom is -0.327 e. The first-order valence-electron chi connectivity index (χ1n) is 8.36. The summed E-state index contributed by atoms with van der Waals surface area (Å²) in [6.07, 6.45) is 8.78. The van der Waals surface area contributed by atoms with Gasteiger partial charge in [0, 0.05) is 12.1 Å². The number of amides is 1. The number of carbonyl (C=O) groups is 1. The molecule has 2 unspecified atom stereocenters. The van der Waals surface area contributed by atoms with Crippen LogP contribution < -0.4 is 10.9 Å². The van der Waals surface area contributed by atoms with Crippen LogP contribution in [0.1, 0.15) is 37.8 Å². The molecule has 1 aromatic carbocycles. The van der Waals surface area contributed by atoms with E-state index in [1.165, 1.54) is 0 Å². The van der Waals surface area contributed by atoms with Gasteiger partial charge >= 0.3 is 0 Å². The van der Waals surface area contributed by atoms with Gasteiger partial charge in [0.05, 0.1) is 6.04 Å². The van der Waals surface area contributed by atoms with Crippen LogP contribution in [-0.4, -0.2) is 28.9 Å². The monoisotopic (exact) mass is 311 g/mol. The molecule has 23 heavy (non-hydrogen) atoms. The molecule has 1 fully saturated rings. The Balaban J connectivity index is 1.90. The first kappa shape index (κ1) is 16.0. The van der Waals surface area contributed by atoms with Gasteiger partial charge in [-0.25, -0.2) is 5.43 Å². The number of benzene rings is 1. The van der Waals surface area contributed by atoms with Crippen molar-refractivity contribution in [2.24, 2.45) is 0 Å². The summed E-state index contributed by atoms with van der Waals surface area (Å²) in [6.45, 7) is 5.96. The highest BCUT2D eigenvalue weighted by Gasteiger charge is 2.37. The molecule has 2 aliphatic heterocycles. The van der Waals surface area contributed by atoms with Crippen molar-refractivity contribution in [2.45, 2.75) is 50.4 Å². The Morgan fingerprint density at radius 2 is 2.13 bits per heavy atom. The van der Waals surface area contributed by atoms with Crippen LogP contribution in [0.25, 0.3) is 0 Å². The summed E-state index contributed by atoms with van der Waals surface area (Å²) in [5.74, 6) is 0.173. The highest BCUT2D eigenvalue weighted by Crippen LogP contribution is 2.32. The molecule has 1 saturated heterocycles. The maximum absolute atomic E-state index is 13.2. The third-order valence-corrected chi connectivity index (χ3v) is 4.65. The van der Waals surface area contributed by atoms with Crippen molar-refractivity contribution >= 4 is 5.91 Å². The van der Waals surface area contributed by atoms with Gasteiger partial charge < -0.3 is 4.90 Å². The van der Waals surface area contributed by atoms with Gasteiger partial charge in [-0.2, -0.15) is 0 Å². The fraction of sp³-hybridized carbons (Fsp3) is 0.421. The standard InChI is InChI=1S/C19H25N3O/c1-3-8-16-11-7-12-18(15-9-5-4-6-10-15)22(16)19(23)17-13-14(2)20-21-17/h3-7,9-10,12,14,16-18,20-21H,1,8,11,13H2,2H3/t14?,16-,17?,18+/m1/s1. The van der Waals surface area contributed by atoms with Crippen molar-refractivity contribution in [3.63, 3.8) is 0 Å². The van der Waals surface area contributed by atoms with E-state index in [4.69, 9.17) is 0 Å². The Morgan fingerprint density at radius 1 is 1.35 bits per heavy atom. The summed E-state index contributed by atoms with van der Waals surface area (Å²) in [7, 11) is 0. The number of carbonyl (C=O) groups excluding carboxylic acids is 1. The first-order valence-corrected chi connectivity index (χ1v) is 8.36. The molecule has 1 amide bonds. The molecule has 2 N–H and O–H groups in total. The average Bonchev–Trinajstić information content (AvgIpc) is 3.02. The summed E-state index contributed by atoms with van der Waals surface area (Å²) in [6, 6.07) is 10.6. The van der Waals surface area contributed by atoms with Crippen molar-refractivity contribution < 1.29 is 4.79 Å². The summed E-state index contributed by atoms with van der Waals surface area (Å²) in [4.78, 5) is 15.2. The number of rotatable bonds is 4. The van der Waals surface area contributed by atoms with Gasteiger partial charge in [0.2, 0.25) is 5.91 Å². The molecule has 0 aromatic heterocycles. The summed E-state index contributed by atoms with van der Waals surface area (Å²) >= 11 is 0. The number of hydrogen-bond acceptors (Lipinski definition) is 3. The molecule has 4 nitrogen and oxygen atoms in total. The Kier molecular flexibility index (Phi) is 4.94. The highest BCUT2D eigenvalue weighted by molar-refractivity contribution is 5.83. The van der Waals surface area contributed by atoms with E-state index < -0.39 is 0 Å². The molecular formula is C19H25N3O. The molecule has 1 aromatic rings. The molecule has 2 aliphatic rings. The third-order valence-electron chi connectivity index (χ3n) is 4.65. The Labute approximate surface area is 138 Å². The van der Waals surface area contributed by atoms with Crippen LogP contribution in [0.5, 0.6) is 0 Å². The van der Waals surface area contributed by atoms with Crippen molar-refractivity contribution in [2.75, 3.05) is 0 Å². The molecule has 0 radical (unpaired) electrons. The maximum Gasteiger partial charge on any atom is 0.242 e. The SMILES string of the molecule is C=CC[C@@H]1CC=C[C@@H](c2ccccc2)N1C(=O)C1CC(C)NN1. The minimum absolute atomic E-state index is 0.0000983. The molecule has 0 saturated carbocycles. The van der Waals surface area contributed by atoms with Crippen molar-refractivity contribution in [3.05, 3.63) is 60.7 Å². The Hall–Kier alpha value is -1.91. The fourth-order valence-electron chi connectivity index (χ4n) is 3.50. The minimum atomic E-state index is -0.157. The third kappa shape index (κ3) is 3.38. The summed E-state index contributed by atoms with van der Waals surface area (Å²) in [5.41, 5.74) is 7.46. The van der Waals surface area contributed by atoms with E-state index in [0.717, 1.165) is 24.8 Å². The lowest BCUT2D eigenvalue weighted by Crippen LogP contribution is -2.51. The van der Waals surface area contributed by atoms with Gasteiger partial charge in [0.1, 0.15) is 6.04 Å². The topological polar surface area (TPSA) is 44.4 Å². The predicted molar refractivity (Wildman–Crippen MR) is 92.5 cm³/mol. The quantitative estimate of drug-likeness (QED) is 0.840. The normalized spacial score (nSPS) is 30.4. The second kappa shape index (κ2) is 7.11. The van der Waals surface area contributed by atoms with Crippen LogP contribution >= 0.6 is 0 Å². The Morgan fingerprint density at radius 3 is 2.78 bits per heavy atom.